The summed E-state index contributed by atoms with van der Waals surface area (Å²) in [5.74, 6) is -1.74. The first-order chi connectivity index (χ1) is 8.04. The molecule has 1 amide bonds. The average Bonchev–Trinajstić information content (AvgIpc) is 2.28. The predicted molar refractivity (Wildman–Crippen MR) is 63.7 cm³/mol. The summed E-state index contributed by atoms with van der Waals surface area (Å²) in [6.45, 7) is -0.383. The fourth-order valence-corrected chi connectivity index (χ4v) is 1.45. The van der Waals surface area contributed by atoms with Gasteiger partial charge in [-0.15, -0.1) is 0 Å². The molecule has 0 heterocycles. The lowest BCUT2D eigenvalue weighted by Gasteiger charge is -2.07. The smallest absolute Gasteiger partial charge is 0.337 e. The number of nitrogens with zero attached hydrogens (tertiary/aromatic N) is 3. The van der Waals surface area contributed by atoms with Crippen LogP contribution in [0.25, 0.3) is 10.4 Å². The number of amides is 1. The van der Waals surface area contributed by atoms with Crippen molar-refractivity contribution in [1.82, 2.24) is 0 Å². The van der Waals surface area contributed by atoms with Crippen LogP contribution in [0.1, 0.15) is 10.4 Å². The van der Waals surface area contributed by atoms with Crippen molar-refractivity contribution in [2.75, 3.05) is 11.9 Å². The molecule has 8 heteroatoms. The third kappa shape index (κ3) is 3.78. The lowest BCUT2D eigenvalue weighted by atomic mass is 10.2. The zero-order valence-electron chi connectivity index (χ0n) is 8.42. The summed E-state index contributed by atoms with van der Waals surface area (Å²) < 4.78 is 0.586. The minimum absolute atomic E-state index is 0.0475. The molecule has 0 atom stereocenters. The van der Waals surface area contributed by atoms with Gasteiger partial charge in [0.1, 0.15) is 6.54 Å². The minimum atomic E-state index is -1.16. The van der Waals surface area contributed by atoms with Gasteiger partial charge >= 0.3 is 5.97 Å². The molecule has 0 saturated heterocycles. The Balaban J connectivity index is 2.94. The van der Waals surface area contributed by atoms with Crippen molar-refractivity contribution >= 4 is 33.5 Å². The van der Waals surface area contributed by atoms with Gasteiger partial charge in [0, 0.05) is 9.38 Å². The number of halogens is 1. The van der Waals surface area contributed by atoms with Crippen molar-refractivity contribution in [2.45, 2.75) is 0 Å². The van der Waals surface area contributed by atoms with E-state index in [1.54, 1.807) is 6.07 Å². The van der Waals surface area contributed by atoms with E-state index < -0.39 is 11.9 Å². The molecule has 0 aromatic heterocycles. The largest absolute Gasteiger partial charge is 0.478 e. The lowest BCUT2D eigenvalue weighted by molar-refractivity contribution is -0.114. The molecule has 0 aliphatic heterocycles. The summed E-state index contributed by atoms with van der Waals surface area (Å²) in [6, 6.07) is 4.41. The highest BCUT2D eigenvalue weighted by atomic mass is 79.9. The summed E-state index contributed by atoms with van der Waals surface area (Å²) in [6.07, 6.45) is 0. The predicted octanol–water partition coefficient (Wildman–Crippen LogP) is 2.40. The summed E-state index contributed by atoms with van der Waals surface area (Å²) in [5.41, 5.74) is 8.14. The number of anilines is 1. The topological polar surface area (TPSA) is 115 Å². The zero-order chi connectivity index (χ0) is 12.8. The molecular formula is C9H7BrN4O3. The van der Waals surface area contributed by atoms with Crippen LogP contribution in [0.4, 0.5) is 5.69 Å². The summed E-state index contributed by atoms with van der Waals surface area (Å²) in [5, 5.41) is 14.3. The molecule has 1 aromatic carbocycles. The lowest BCUT2D eigenvalue weighted by Crippen LogP contribution is -2.16. The number of hydrogen-bond acceptors (Lipinski definition) is 3. The Bertz CT molecular complexity index is 511. The van der Waals surface area contributed by atoms with E-state index in [0.29, 0.717) is 4.47 Å². The molecule has 0 bridgehead atoms. The Hall–Kier alpha value is -2.05. The molecule has 0 saturated carbocycles. The van der Waals surface area contributed by atoms with Gasteiger partial charge in [0.05, 0.1) is 11.3 Å². The van der Waals surface area contributed by atoms with Crippen molar-refractivity contribution in [3.05, 3.63) is 38.7 Å². The van der Waals surface area contributed by atoms with Crippen molar-refractivity contribution in [3.63, 3.8) is 0 Å². The summed E-state index contributed by atoms with van der Waals surface area (Å²) >= 11 is 3.13. The fourth-order valence-electron chi connectivity index (χ4n) is 1.09. The van der Waals surface area contributed by atoms with Crippen LogP contribution >= 0.6 is 15.9 Å². The van der Waals surface area contributed by atoms with Crippen LogP contribution < -0.4 is 5.32 Å². The van der Waals surface area contributed by atoms with Gasteiger partial charge < -0.3 is 10.4 Å². The number of hydrogen-bond donors (Lipinski definition) is 2. The maximum Gasteiger partial charge on any atom is 0.337 e. The SMILES string of the molecule is [N-]=[N+]=NCC(=O)Nc1ccc(Br)cc1C(=O)O. The number of carbonyl (C=O) groups excluding carboxylic acids is 1. The van der Waals surface area contributed by atoms with E-state index in [-0.39, 0.29) is 17.8 Å². The fraction of sp³-hybridized carbons (Fsp3) is 0.111. The van der Waals surface area contributed by atoms with Gasteiger partial charge in [0.15, 0.2) is 0 Å². The number of carbonyl (C=O) groups is 2. The highest BCUT2D eigenvalue weighted by molar-refractivity contribution is 9.10. The molecule has 0 spiro atoms. The van der Waals surface area contributed by atoms with Crippen LogP contribution in [0.5, 0.6) is 0 Å². The van der Waals surface area contributed by atoms with E-state index in [0.717, 1.165) is 0 Å². The third-order valence-corrected chi connectivity index (χ3v) is 2.26. The average molecular weight is 299 g/mol. The second kappa shape index (κ2) is 5.88. The highest BCUT2D eigenvalue weighted by Crippen LogP contribution is 2.21. The number of aromatic carboxylic acids is 1. The van der Waals surface area contributed by atoms with E-state index in [1.165, 1.54) is 12.1 Å². The van der Waals surface area contributed by atoms with Gasteiger partial charge in [-0.25, -0.2) is 4.79 Å². The molecule has 7 nitrogen and oxygen atoms in total. The number of carboxylic acids is 1. The molecule has 2 N–H and O–H groups in total. The van der Waals surface area contributed by atoms with Gasteiger partial charge in [0.2, 0.25) is 5.91 Å². The Morgan fingerprint density at radius 1 is 1.53 bits per heavy atom. The molecule has 0 unspecified atom stereocenters. The standard InChI is InChI=1S/C9H7BrN4O3/c10-5-1-2-7(6(3-5)9(16)17)13-8(15)4-12-14-11/h1-3H,4H2,(H,13,15)(H,16,17). The van der Waals surface area contributed by atoms with E-state index in [9.17, 15) is 9.59 Å². The first kappa shape index (κ1) is 13.0. The summed E-state index contributed by atoms with van der Waals surface area (Å²) in [7, 11) is 0. The van der Waals surface area contributed by atoms with E-state index in [2.05, 4.69) is 31.3 Å². The van der Waals surface area contributed by atoms with Crippen LogP contribution in [0.2, 0.25) is 0 Å². The zero-order valence-corrected chi connectivity index (χ0v) is 10.0. The minimum Gasteiger partial charge on any atom is -0.478 e. The highest BCUT2D eigenvalue weighted by Gasteiger charge is 2.12. The first-order valence-electron chi connectivity index (χ1n) is 4.38. The number of carboxylic acid groups (broad SMARTS) is 1. The molecule has 17 heavy (non-hydrogen) atoms. The van der Waals surface area contributed by atoms with Crippen LogP contribution in [0, 0.1) is 0 Å². The second-order valence-electron chi connectivity index (χ2n) is 2.93. The van der Waals surface area contributed by atoms with Crippen LogP contribution in [0.15, 0.2) is 27.8 Å². The maximum absolute atomic E-state index is 11.3. The molecule has 0 fully saturated rings. The Morgan fingerprint density at radius 2 is 2.24 bits per heavy atom. The van der Waals surface area contributed by atoms with Crippen molar-refractivity contribution in [2.24, 2.45) is 5.11 Å². The van der Waals surface area contributed by atoms with E-state index in [1.807, 2.05) is 0 Å². The van der Waals surface area contributed by atoms with Gasteiger partial charge in [-0.2, -0.15) is 0 Å². The van der Waals surface area contributed by atoms with Crippen LogP contribution in [0.3, 0.4) is 0 Å². The van der Waals surface area contributed by atoms with Crippen molar-refractivity contribution < 1.29 is 14.7 Å². The first-order valence-corrected chi connectivity index (χ1v) is 5.17. The number of azide groups is 1. The quantitative estimate of drug-likeness (QED) is 0.505. The van der Waals surface area contributed by atoms with Crippen LogP contribution in [-0.4, -0.2) is 23.5 Å². The number of benzene rings is 1. The van der Waals surface area contributed by atoms with Crippen molar-refractivity contribution in [3.8, 4) is 0 Å². The molecule has 1 rings (SSSR count). The third-order valence-electron chi connectivity index (χ3n) is 1.76. The normalized spacial score (nSPS) is 9.24. The van der Waals surface area contributed by atoms with Gasteiger partial charge in [0.25, 0.3) is 0 Å². The Labute approximate surface area is 104 Å². The van der Waals surface area contributed by atoms with Crippen LogP contribution in [-0.2, 0) is 4.79 Å². The molecule has 1 aromatic rings. The molecule has 0 radical (unpaired) electrons. The molecule has 0 aliphatic rings. The van der Waals surface area contributed by atoms with Gasteiger partial charge in [-0.1, -0.05) is 21.0 Å². The summed E-state index contributed by atoms with van der Waals surface area (Å²) in [4.78, 5) is 24.6. The van der Waals surface area contributed by atoms with Gasteiger partial charge in [-0.05, 0) is 23.7 Å². The number of nitrogens with one attached hydrogen (secondary N) is 1. The van der Waals surface area contributed by atoms with E-state index >= 15 is 0 Å². The number of rotatable bonds is 4. The van der Waals surface area contributed by atoms with E-state index in [4.69, 9.17) is 10.6 Å². The van der Waals surface area contributed by atoms with Gasteiger partial charge in [-0.3, -0.25) is 4.79 Å². The Kier molecular flexibility index (Phi) is 4.50. The Morgan fingerprint density at radius 3 is 2.82 bits per heavy atom. The maximum atomic E-state index is 11.3. The second-order valence-corrected chi connectivity index (χ2v) is 3.85. The molecule has 0 aliphatic carbocycles. The molecule has 88 valence electrons. The molecular weight excluding hydrogens is 292 g/mol. The van der Waals surface area contributed by atoms with Crippen molar-refractivity contribution in [1.29, 1.82) is 0 Å². The monoisotopic (exact) mass is 298 g/mol.